The number of alkyl halides is 3. The van der Waals surface area contributed by atoms with E-state index in [2.05, 4.69) is 16.0 Å². The van der Waals surface area contributed by atoms with Crippen LogP contribution in [0, 0.1) is 11.8 Å². The first kappa shape index (κ1) is 27.0. The minimum Gasteiger partial charge on any atom is -0.379 e. The second-order valence-electron chi connectivity index (χ2n) is 11.6. The number of hydrogen-bond acceptors (Lipinski definition) is 5. The fourth-order valence-electron chi connectivity index (χ4n) is 6.28. The van der Waals surface area contributed by atoms with Gasteiger partial charge in [0, 0.05) is 41.9 Å². The van der Waals surface area contributed by atoms with E-state index in [0.717, 1.165) is 55.7 Å². The van der Waals surface area contributed by atoms with Crippen molar-refractivity contribution in [2.75, 3.05) is 18.4 Å². The Kier molecular flexibility index (Phi) is 7.71. The molecule has 1 aromatic carbocycles. The molecule has 2 aliphatic carbocycles. The molecular formula is C28H37F3N4O3. The van der Waals surface area contributed by atoms with Crippen molar-refractivity contribution >= 4 is 23.4 Å². The second-order valence-corrected chi connectivity index (χ2v) is 11.6. The molecule has 2 saturated carbocycles. The number of rotatable bonds is 10. The van der Waals surface area contributed by atoms with E-state index in [1.165, 1.54) is 12.8 Å². The zero-order chi connectivity index (χ0) is 26.9. The summed E-state index contributed by atoms with van der Waals surface area (Å²) in [5, 5.41) is 9.19. The van der Waals surface area contributed by atoms with Crippen molar-refractivity contribution in [3.8, 4) is 0 Å². The number of amides is 3. The highest BCUT2D eigenvalue weighted by Crippen LogP contribution is 2.44. The van der Waals surface area contributed by atoms with Crippen LogP contribution < -0.4 is 16.0 Å². The summed E-state index contributed by atoms with van der Waals surface area (Å²) in [6.45, 7) is 0.887. The number of nitrogens with zero attached hydrogens (tertiary/aromatic N) is 1. The first-order valence-corrected chi connectivity index (χ1v) is 13.9. The van der Waals surface area contributed by atoms with E-state index in [1.807, 2.05) is 12.1 Å². The molecule has 1 saturated heterocycles. The molecule has 0 radical (unpaired) electrons. The van der Waals surface area contributed by atoms with Gasteiger partial charge in [0.25, 0.3) is 5.91 Å². The summed E-state index contributed by atoms with van der Waals surface area (Å²) >= 11 is 0. The maximum absolute atomic E-state index is 13.3. The Balaban J connectivity index is 1.25. The molecule has 38 heavy (non-hydrogen) atoms. The van der Waals surface area contributed by atoms with Gasteiger partial charge in [0.1, 0.15) is 6.04 Å². The Labute approximate surface area is 221 Å². The molecule has 1 unspecified atom stereocenters. The van der Waals surface area contributed by atoms with Gasteiger partial charge in [-0.3, -0.25) is 19.7 Å². The van der Waals surface area contributed by atoms with Crippen molar-refractivity contribution in [3.05, 3.63) is 29.3 Å². The molecule has 1 atom stereocenters. The monoisotopic (exact) mass is 534 g/mol. The number of anilines is 1. The fraction of sp³-hybridized carbons (Fsp3) is 0.679. The van der Waals surface area contributed by atoms with E-state index in [0.29, 0.717) is 31.0 Å². The number of halogens is 3. The maximum Gasteiger partial charge on any atom is 0.390 e. The van der Waals surface area contributed by atoms with E-state index in [9.17, 15) is 27.6 Å². The summed E-state index contributed by atoms with van der Waals surface area (Å²) in [6, 6.07) is 5.03. The number of carbonyl (C=O) groups excluding carboxylic acids is 3. The highest BCUT2D eigenvalue weighted by Gasteiger charge is 2.42. The van der Waals surface area contributed by atoms with Gasteiger partial charge in [-0.15, -0.1) is 0 Å². The quantitative estimate of drug-likeness (QED) is 0.303. The molecule has 4 aliphatic rings. The van der Waals surface area contributed by atoms with E-state index < -0.39 is 24.5 Å². The highest BCUT2D eigenvalue weighted by molar-refractivity contribution is 6.06. The fourth-order valence-corrected chi connectivity index (χ4v) is 6.28. The van der Waals surface area contributed by atoms with Gasteiger partial charge >= 0.3 is 6.18 Å². The summed E-state index contributed by atoms with van der Waals surface area (Å²) < 4.78 is 37.4. The molecule has 10 heteroatoms. The Hall–Kier alpha value is -2.62. The predicted molar refractivity (Wildman–Crippen MR) is 136 cm³/mol. The third-order valence-corrected chi connectivity index (χ3v) is 8.79. The molecule has 2 heterocycles. The predicted octanol–water partition coefficient (Wildman–Crippen LogP) is 4.52. The van der Waals surface area contributed by atoms with Gasteiger partial charge in [-0.05, 0) is 75.5 Å². The maximum atomic E-state index is 13.3. The number of hydrogen-bond donors (Lipinski definition) is 3. The number of piperidine rings is 1. The van der Waals surface area contributed by atoms with Crippen LogP contribution in [0.1, 0.15) is 86.6 Å². The van der Waals surface area contributed by atoms with E-state index in [4.69, 9.17) is 0 Å². The smallest absolute Gasteiger partial charge is 0.379 e. The van der Waals surface area contributed by atoms with Gasteiger partial charge in [-0.2, -0.15) is 13.2 Å². The number of benzene rings is 1. The summed E-state index contributed by atoms with van der Waals surface area (Å²) in [4.78, 5) is 38.9. The van der Waals surface area contributed by atoms with Crippen LogP contribution in [-0.2, 0) is 16.1 Å². The van der Waals surface area contributed by atoms with Crippen molar-refractivity contribution in [3.63, 3.8) is 0 Å². The SMILES string of the molecule is O=C1CCC(N2Cc3c(NC4(CCC5CC5)CCC(CNCCC(F)(F)F)CC4)cccc3C2=O)C(=O)N1. The summed E-state index contributed by atoms with van der Waals surface area (Å²) in [5.74, 6) is 0.229. The standard InChI is InChI=1S/C28H37F3N4O3/c29-28(30,31)14-15-32-16-19-9-12-27(13-10-19,11-8-18-4-5-18)34-22-3-1-2-20-21(22)17-35(26(20)38)23-6-7-24(36)33-25(23)37/h1-3,18-19,23,32,34H,4-17H2,(H,33,36,37). The van der Waals surface area contributed by atoms with Gasteiger partial charge in [0.05, 0.1) is 6.42 Å². The van der Waals surface area contributed by atoms with Gasteiger partial charge in [0.15, 0.2) is 0 Å². The number of imide groups is 1. The first-order chi connectivity index (χ1) is 18.1. The van der Waals surface area contributed by atoms with Gasteiger partial charge in [-0.25, -0.2) is 0 Å². The van der Waals surface area contributed by atoms with Crippen LogP contribution in [0.2, 0.25) is 0 Å². The van der Waals surface area contributed by atoms with Crippen LogP contribution in [0.3, 0.4) is 0 Å². The molecule has 208 valence electrons. The van der Waals surface area contributed by atoms with Crippen LogP contribution >= 0.6 is 0 Å². The van der Waals surface area contributed by atoms with E-state index >= 15 is 0 Å². The van der Waals surface area contributed by atoms with Gasteiger partial charge in [-0.1, -0.05) is 18.9 Å². The molecule has 5 rings (SSSR count). The molecule has 3 amide bonds. The van der Waals surface area contributed by atoms with Crippen molar-refractivity contribution < 1.29 is 27.6 Å². The molecule has 7 nitrogen and oxygen atoms in total. The lowest BCUT2D eigenvalue weighted by molar-refractivity contribution is -0.137. The lowest BCUT2D eigenvalue weighted by Crippen LogP contribution is -2.52. The third-order valence-electron chi connectivity index (χ3n) is 8.79. The average molecular weight is 535 g/mol. The van der Waals surface area contributed by atoms with Crippen LogP contribution in [0.4, 0.5) is 18.9 Å². The summed E-state index contributed by atoms with van der Waals surface area (Å²) in [5.41, 5.74) is 2.29. The van der Waals surface area contributed by atoms with E-state index in [1.54, 1.807) is 11.0 Å². The second kappa shape index (κ2) is 10.9. The molecule has 0 bridgehead atoms. The molecule has 0 spiro atoms. The zero-order valence-corrected chi connectivity index (χ0v) is 21.7. The number of nitrogens with one attached hydrogen (secondary N) is 3. The van der Waals surface area contributed by atoms with Crippen LogP contribution in [0.5, 0.6) is 0 Å². The number of fused-ring (bicyclic) bond motifs is 1. The third kappa shape index (κ3) is 6.33. The molecule has 3 N–H and O–H groups in total. The first-order valence-electron chi connectivity index (χ1n) is 13.9. The van der Waals surface area contributed by atoms with Crippen LogP contribution in [0.25, 0.3) is 0 Å². The highest BCUT2D eigenvalue weighted by atomic mass is 19.4. The van der Waals surface area contributed by atoms with E-state index in [-0.39, 0.29) is 30.3 Å². The Morgan fingerprint density at radius 1 is 1.03 bits per heavy atom. The largest absolute Gasteiger partial charge is 0.390 e. The van der Waals surface area contributed by atoms with Crippen molar-refractivity contribution in [2.45, 2.75) is 94.9 Å². The Morgan fingerprint density at radius 3 is 2.47 bits per heavy atom. The van der Waals surface area contributed by atoms with Gasteiger partial charge in [0.2, 0.25) is 11.8 Å². The normalized spacial score (nSPS) is 27.9. The van der Waals surface area contributed by atoms with Crippen molar-refractivity contribution in [1.29, 1.82) is 0 Å². The lowest BCUT2D eigenvalue weighted by atomic mass is 9.73. The Bertz CT molecular complexity index is 1060. The topological polar surface area (TPSA) is 90.5 Å². The zero-order valence-electron chi connectivity index (χ0n) is 21.7. The average Bonchev–Trinajstić information content (AvgIpc) is 3.64. The molecule has 0 aromatic heterocycles. The number of carbonyl (C=O) groups is 3. The Morgan fingerprint density at radius 2 is 1.79 bits per heavy atom. The lowest BCUT2D eigenvalue weighted by Gasteiger charge is -2.42. The van der Waals surface area contributed by atoms with Crippen LogP contribution in [0.15, 0.2) is 18.2 Å². The molecule has 3 fully saturated rings. The minimum absolute atomic E-state index is 0.0427. The molecule has 1 aromatic rings. The summed E-state index contributed by atoms with van der Waals surface area (Å²) in [7, 11) is 0. The van der Waals surface area contributed by atoms with Gasteiger partial charge < -0.3 is 15.5 Å². The van der Waals surface area contributed by atoms with Crippen molar-refractivity contribution in [1.82, 2.24) is 15.5 Å². The molecular weight excluding hydrogens is 497 g/mol. The van der Waals surface area contributed by atoms with Crippen LogP contribution in [-0.4, -0.2) is 53.5 Å². The van der Waals surface area contributed by atoms with Crippen molar-refractivity contribution in [2.24, 2.45) is 11.8 Å². The summed E-state index contributed by atoms with van der Waals surface area (Å²) in [6.07, 6.45) is 4.08. The molecule has 2 aliphatic heterocycles. The minimum atomic E-state index is -4.13.